The van der Waals surface area contributed by atoms with Crippen LogP contribution >= 0.6 is 0 Å². The second kappa shape index (κ2) is 3.27. The highest BCUT2D eigenvalue weighted by molar-refractivity contribution is 5.17. The van der Waals surface area contributed by atoms with E-state index in [4.69, 9.17) is 4.74 Å². The first-order valence-corrected chi connectivity index (χ1v) is 7.22. The number of aliphatic hydroxyl groups is 1. The summed E-state index contributed by atoms with van der Waals surface area (Å²) in [4.78, 5) is 0. The highest BCUT2D eigenvalue weighted by Crippen LogP contribution is 2.65. The molecule has 5 atom stereocenters. The normalized spacial score (nSPS) is 56.6. The third-order valence-corrected chi connectivity index (χ3v) is 6.43. The van der Waals surface area contributed by atoms with Crippen LogP contribution in [0.4, 0.5) is 0 Å². The molecule has 2 saturated carbocycles. The van der Waals surface area contributed by atoms with Crippen LogP contribution in [0.2, 0.25) is 0 Å². The van der Waals surface area contributed by atoms with Gasteiger partial charge in [-0.05, 0) is 45.4 Å². The van der Waals surface area contributed by atoms with Crippen LogP contribution in [0.25, 0.3) is 0 Å². The van der Waals surface area contributed by atoms with Gasteiger partial charge in [-0.3, -0.25) is 0 Å². The topological polar surface area (TPSA) is 29.5 Å². The summed E-state index contributed by atoms with van der Waals surface area (Å²) in [6.07, 6.45) is 5.74. The summed E-state index contributed by atoms with van der Waals surface area (Å²) < 4.78 is 6.55. The second-order valence-corrected chi connectivity index (χ2v) is 7.37. The summed E-state index contributed by atoms with van der Waals surface area (Å²) in [5.74, 6) is 0.889. The predicted molar refractivity (Wildman–Crippen MR) is 67.7 cm³/mol. The monoisotopic (exact) mass is 238 g/mol. The molecule has 0 amide bonds. The van der Waals surface area contributed by atoms with Gasteiger partial charge in [0, 0.05) is 11.3 Å². The Bertz CT molecular complexity index is 334. The molecule has 2 bridgehead atoms. The number of hydrogen-bond acceptors (Lipinski definition) is 2. The van der Waals surface area contributed by atoms with E-state index in [1.54, 1.807) is 0 Å². The summed E-state index contributed by atoms with van der Waals surface area (Å²) >= 11 is 0. The summed E-state index contributed by atoms with van der Waals surface area (Å²) in [6.45, 7) is 8.92. The molecule has 17 heavy (non-hydrogen) atoms. The Morgan fingerprint density at radius 3 is 2.47 bits per heavy atom. The van der Waals surface area contributed by atoms with E-state index in [-0.39, 0.29) is 22.7 Å². The van der Waals surface area contributed by atoms with Crippen LogP contribution in [0.1, 0.15) is 59.8 Å². The second-order valence-electron chi connectivity index (χ2n) is 7.37. The van der Waals surface area contributed by atoms with Gasteiger partial charge in [-0.25, -0.2) is 0 Å². The SMILES string of the molecule is C[C@@H]1CCC[C@]23CC[C@H]([C@H](O)[C@@]12C)C(C)(C)O3. The lowest BCUT2D eigenvalue weighted by Crippen LogP contribution is -2.74. The predicted octanol–water partition coefficient (Wildman–Crippen LogP) is 3.13. The average molecular weight is 238 g/mol. The number of hydrogen-bond donors (Lipinski definition) is 1. The molecule has 2 heteroatoms. The molecule has 4 fully saturated rings. The molecule has 4 rings (SSSR count). The number of rotatable bonds is 0. The molecule has 1 spiro atoms. The van der Waals surface area contributed by atoms with Crippen molar-refractivity contribution in [3.8, 4) is 0 Å². The molecule has 0 unspecified atom stereocenters. The molecule has 4 aliphatic rings. The zero-order chi connectivity index (χ0) is 12.5. The van der Waals surface area contributed by atoms with Crippen molar-refractivity contribution in [1.82, 2.24) is 0 Å². The van der Waals surface area contributed by atoms with Gasteiger partial charge >= 0.3 is 0 Å². The van der Waals surface area contributed by atoms with Gasteiger partial charge in [0.25, 0.3) is 0 Å². The molecule has 0 aromatic heterocycles. The van der Waals surface area contributed by atoms with Crippen molar-refractivity contribution in [3.05, 3.63) is 0 Å². The minimum atomic E-state index is -0.185. The standard InChI is InChI=1S/C15H26O2/c1-10-6-5-8-15-9-7-11(13(2,3)17-15)12(16)14(10,15)4/h10-12,16H,5-9H2,1-4H3/t10-,11-,12+,14-,15+/m1/s1. The molecule has 2 nitrogen and oxygen atoms in total. The highest BCUT2D eigenvalue weighted by Gasteiger charge is 2.68. The molecule has 0 radical (unpaired) electrons. The Balaban J connectivity index is 2.09. The summed E-state index contributed by atoms with van der Waals surface area (Å²) in [6, 6.07) is 0. The first-order chi connectivity index (χ1) is 7.83. The minimum Gasteiger partial charge on any atom is -0.392 e. The number of aliphatic hydroxyl groups excluding tert-OH is 1. The van der Waals surface area contributed by atoms with Gasteiger partial charge in [0.05, 0.1) is 17.3 Å². The maximum atomic E-state index is 10.9. The fourth-order valence-electron chi connectivity index (χ4n) is 5.15. The van der Waals surface area contributed by atoms with E-state index in [0.717, 1.165) is 19.3 Å². The molecule has 2 aliphatic carbocycles. The van der Waals surface area contributed by atoms with E-state index >= 15 is 0 Å². The van der Waals surface area contributed by atoms with Crippen molar-refractivity contribution in [2.45, 2.75) is 77.1 Å². The molecule has 98 valence electrons. The van der Waals surface area contributed by atoms with Crippen LogP contribution in [0, 0.1) is 17.3 Å². The quantitative estimate of drug-likeness (QED) is 0.702. The Hall–Kier alpha value is -0.0800. The summed E-state index contributed by atoms with van der Waals surface area (Å²) in [5, 5.41) is 10.9. The molecule has 0 aromatic carbocycles. The lowest BCUT2D eigenvalue weighted by Gasteiger charge is -2.69. The number of ether oxygens (including phenoxy) is 1. The van der Waals surface area contributed by atoms with Gasteiger partial charge in [-0.15, -0.1) is 0 Å². The number of fused-ring (bicyclic) bond motifs is 2. The Morgan fingerprint density at radius 2 is 1.82 bits per heavy atom. The molecule has 2 heterocycles. The third kappa shape index (κ3) is 1.24. The van der Waals surface area contributed by atoms with E-state index in [0.29, 0.717) is 11.8 Å². The van der Waals surface area contributed by atoms with Crippen molar-refractivity contribution in [2.24, 2.45) is 17.3 Å². The Labute approximate surface area is 105 Å². The Morgan fingerprint density at radius 1 is 1.12 bits per heavy atom. The van der Waals surface area contributed by atoms with Crippen LogP contribution in [-0.2, 0) is 4.74 Å². The molecule has 2 saturated heterocycles. The molecule has 2 aliphatic heterocycles. The van der Waals surface area contributed by atoms with E-state index in [2.05, 4.69) is 27.7 Å². The largest absolute Gasteiger partial charge is 0.392 e. The smallest absolute Gasteiger partial charge is 0.0770 e. The summed E-state index contributed by atoms with van der Waals surface area (Å²) in [7, 11) is 0. The van der Waals surface area contributed by atoms with Gasteiger partial charge in [0.1, 0.15) is 0 Å². The van der Waals surface area contributed by atoms with E-state index in [1.165, 1.54) is 12.8 Å². The highest BCUT2D eigenvalue weighted by atomic mass is 16.5. The van der Waals surface area contributed by atoms with Crippen molar-refractivity contribution in [3.63, 3.8) is 0 Å². The van der Waals surface area contributed by atoms with E-state index in [9.17, 15) is 5.11 Å². The lowest BCUT2D eigenvalue weighted by molar-refractivity contribution is -0.354. The van der Waals surface area contributed by atoms with Crippen LogP contribution in [-0.4, -0.2) is 22.4 Å². The van der Waals surface area contributed by atoms with Gasteiger partial charge < -0.3 is 9.84 Å². The van der Waals surface area contributed by atoms with Crippen molar-refractivity contribution in [2.75, 3.05) is 0 Å². The van der Waals surface area contributed by atoms with Crippen molar-refractivity contribution < 1.29 is 9.84 Å². The van der Waals surface area contributed by atoms with Crippen LogP contribution in [0.3, 0.4) is 0 Å². The van der Waals surface area contributed by atoms with Gasteiger partial charge in [-0.1, -0.05) is 20.3 Å². The fraction of sp³-hybridized carbons (Fsp3) is 1.00. The van der Waals surface area contributed by atoms with Crippen LogP contribution in [0.15, 0.2) is 0 Å². The van der Waals surface area contributed by atoms with Crippen molar-refractivity contribution in [1.29, 1.82) is 0 Å². The van der Waals surface area contributed by atoms with Gasteiger partial charge in [0.15, 0.2) is 0 Å². The van der Waals surface area contributed by atoms with Crippen LogP contribution < -0.4 is 0 Å². The Kier molecular flexibility index (Phi) is 2.30. The maximum absolute atomic E-state index is 10.9. The maximum Gasteiger partial charge on any atom is 0.0770 e. The summed E-state index contributed by atoms with van der Waals surface area (Å²) in [5.41, 5.74) is -0.222. The average Bonchev–Trinajstić information content (AvgIpc) is 2.22. The van der Waals surface area contributed by atoms with Crippen LogP contribution in [0.5, 0.6) is 0 Å². The first-order valence-electron chi connectivity index (χ1n) is 7.22. The van der Waals surface area contributed by atoms with E-state index in [1.807, 2.05) is 0 Å². The fourth-order valence-corrected chi connectivity index (χ4v) is 5.15. The zero-order valence-electron chi connectivity index (χ0n) is 11.6. The lowest BCUT2D eigenvalue weighted by atomic mass is 9.46. The molecular formula is C15H26O2. The zero-order valence-corrected chi connectivity index (χ0v) is 11.6. The van der Waals surface area contributed by atoms with Gasteiger partial charge in [-0.2, -0.15) is 0 Å². The molecule has 1 N–H and O–H groups in total. The molecule has 0 aromatic rings. The van der Waals surface area contributed by atoms with Crippen molar-refractivity contribution >= 4 is 0 Å². The van der Waals surface area contributed by atoms with E-state index < -0.39 is 0 Å². The third-order valence-electron chi connectivity index (χ3n) is 6.43. The molecular weight excluding hydrogens is 212 g/mol. The first kappa shape index (κ1) is 12.0. The van der Waals surface area contributed by atoms with Gasteiger partial charge in [0.2, 0.25) is 0 Å². The minimum absolute atomic E-state index is 0.0241.